The minimum Gasteiger partial charge on any atom is -0.311 e. The Bertz CT molecular complexity index is 485. The van der Waals surface area contributed by atoms with Gasteiger partial charge < -0.3 is 5.32 Å². The van der Waals surface area contributed by atoms with E-state index in [0.29, 0.717) is 0 Å². The number of hydrogen-bond acceptors (Lipinski definition) is 4. The SMILES string of the molecule is CCNCc1nnc(-c2c(C)cccc2C)s1. The van der Waals surface area contributed by atoms with Gasteiger partial charge in [0, 0.05) is 12.1 Å². The first kappa shape index (κ1) is 12.2. The van der Waals surface area contributed by atoms with Crippen molar-refractivity contribution in [3.63, 3.8) is 0 Å². The minimum absolute atomic E-state index is 0.805. The van der Waals surface area contributed by atoms with Gasteiger partial charge in [0.15, 0.2) is 0 Å². The molecule has 0 bridgehead atoms. The van der Waals surface area contributed by atoms with Crippen LogP contribution in [0.25, 0.3) is 10.6 Å². The van der Waals surface area contributed by atoms with Crippen LogP contribution in [0, 0.1) is 13.8 Å². The predicted molar refractivity (Wildman–Crippen MR) is 72.2 cm³/mol. The fourth-order valence-corrected chi connectivity index (χ4v) is 2.79. The lowest BCUT2D eigenvalue weighted by Crippen LogP contribution is -2.11. The third kappa shape index (κ3) is 2.70. The Labute approximate surface area is 106 Å². The summed E-state index contributed by atoms with van der Waals surface area (Å²) in [6.07, 6.45) is 0. The predicted octanol–water partition coefficient (Wildman–Crippen LogP) is 2.93. The van der Waals surface area contributed by atoms with Crippen LogP contribution in [0.4, 0.5) is 0 Å². The molecule has 0 saturated heterocycles. The highest BCUT2D eigenvalue weighted by molar-refractivity contribution is 7.14. The molecule has 0 fully saturated rings. The van der Waals surface area contributed by atoms with Crippen molar-refractivity contribution in [3.05, 3.63) is 34.3 Å². The molecule has 1 aromatic heterocycles. The molecule has 0 amide bonds. The highest BCUT2D eigenvalue weighted by Crippen LogP contribution is 2.29. The Balaban J connectivity index is 2.30. The summed E-state index contributed by atoms with van der Waals surface area (Å²) in [4.78, 5) is 0. The molecule has 0 aliphatic heterocycles. The lowest BCUT2D eigenvalue weighted by molar-refractivity contribution is 0.715. The van der Waals surface area contributed by atoms with Gasteiger partial charge in [0.25, 0.3) is 0 Å². The number of hydrogen-bond donors (Lipinski definition) is 1. The molecule has 90 valence electrons. The fourth-order valence-electron chi connectivity index (χ4n) is 1.81. The molecule has 4 heteroatoms. The van der Waals surface area contributed by atoms with Crippen LogP contribution in [0.5, 0.6) is 0 Å². The van der Waals surface area contributed by atoms with Crippen LogP contribution in [0.3, 0.4) is 0 Å². The maximum atomic E-state index is 4.29. The molecule has 0 radical (unpaired) electrons. The largest absolute Gasteiger partial charge is 0.311 e. The molecule has 2 rings (SSSR count). The van der Waals surface area contributed by atoms with E-state index < -0.39 is 0 Å². The maximum absolute atomic E-state index is 4.29. The molecule has 0 saturated carbocycles. The van der Waals surface area contributed by atoms with Gasteiger partial charge in [-0.1, -0.05) is 36.5 Å². The molecule has 0 spiro atoms. The van der Waals surface area contributed by atoms with E-state index in [-0.39, 0.29) is 0 Å². The van der Waals surface area contributed by atoms with E-state index in [2.05, 4.69) is 54.5 Å². The summed E-state index contributed by atoms with van der Waals surface area (Å²) in [6, 6.07) is 6.32. The van der Waals surface area contributed by atoms with E-state index in [9.17, 15) is 0 Å². The van der Waals surface area contributed by atoms with E-state index in [1.807, 2.05) is 0 Å². The van der Waals surface area contributed by atoms with Crippen LogP contribution in [-0.2, 0) is 6.54 Å². The molecular weight excluding hydrogens is 230 g/mol. The van der Waals surface area contributed by atoms with Crippen molar-refractivity contribution >= 4 is 11.3 Å². The van der Waals surface area contributed by atoms with Crippen molar-refractivity contribution < 1.29 is 0 Å². The summed E-state index contributed by atoms with van der Waals surface area (Å²) in [6.45, 7) is 8.09. The molecule has 0 atom stereocenters. The molecule has 1 aromatic carbocycles. The zero-order chi connectivity index (χ0) is 12.3. The van der Waals surface area contributed by atoms with Gasteiger partial charge in [-0.05, 0) is 31.5 Å². The van der Waals surface area contributed by atoms with Gasteiger partial charge in [-0.3, -0.25) is 0 Å². The molecule has 1 heterocycles. The first-order chi connectivity index (χ1) is 8.22. The summed E-state index contributed by atoms with van der Waals surface area (Å²) in [5, 5.41) is 13.8. The fraction of sp³-hybridized carbons (Fsp3) is 0.385. The molecule has 0 aliphatic rings. The molecule has 1 N–H and O–H groups in total. The lowest BCUT2D eigenvalue weighted by Gasteiger charge is -2.04. The average Bonchev–Trinajstić information content (AvgIpc) is 2.75. The average molecular weight is 247 g/mol. The Morgan fingerprint density at radius 1 is 1.18 bits per heavy atom. The summed E-state index contributed by atoms with van der Waals surface area (Å²) >= 11 is 1.67. The van der Waals surface area contributed by atoms with Gasteiger partial charge in [-0.15, -0.1) is 10.2 Å². The smallest absolute Gasteiger partial charge is 0.148 e. The zero-order valence-corrected chi connectivity index (χ0v) is 11.3. The Morgan fingerprint density at radius 3 is 2.53 bits per heavy atom. The zero-order valence-electron chi connectivity index (χ0n) is 10.4. The first-order valence-corrected chi connectivity index (χ1v) is 6.63. The molecule has 0 unspecified atom stereocenters. The highest BCUT2D eigenvalue weighted by Gasteiger charge is 2.10. The van der Waals surface area contributed by atoms with E-state index in [1.165, 1.54) is 16.7 Å². The van der Waals surface area contributed by atoms with Gasteiger partial charge >= 0.3 is 0 Å². The number of rotatable bonds is 4. The van der Waals surface area contributed by atoms with Crippen LogP contribution < -0.4 is 5.32 Å². The molecule has 0 aliphatic carbocycles. The number of aryl methyl sites for hydroxylation is 2. The topological polar surface area (TPSA) is 37.8 Å². The minimum atomic E-state index is 0.805. The quantitative estimate of drug-likeness (QED) is 0.902. The molecule has 3 nitrogen and oxygen atoms in total. The van der Waals surface area contributed by atoms with E-state index in [1.54, 1.807) is 11.3 Å². The second kappa shape index (κ2) is 5.38. The van der Waals surface area contributed by atoms with Crippen LogP contribution in [-0.4, -0.2) is 16.7 Å². The Morgan fingerprint density at radius 2 is 1.88 bits per heavy atom. The van der Waals surface area contributed by atoms with Crippen LogP contribution in [0.2, 0.25) is 0 Å². The van der Waals surface area contributed by atoms with E-state index >= 15 is 0 Å². The highest BCUT2D eigenvalue weighted by atomic mass is 32.1. The maximum Gasteiger partial charge on any atom is 0.148 e. The number of nitrogens with one attached hydrogen (secondary N) is 1. The van der Waals surface area contributed by atoms with Crippen LogP contribution in [0.15, 0.2) is 18.2 Å². The van der Waals surface area contributed by atoms with Crippen LogP contribution >= 0.6 is 11.3 Å². The Hall–Kier alpha value is -1.26. The van der Waals surface area contributed by atoms with Crippen molar-refractivity contribution in [2.45, 2.75) is 27.3 Å². The van der Waals surface area contributed by atoms with Gasteiger partial charge in [-0.2, -0.15) is 0 Å². The number of benzene rings is 1. The van der Waals surface area contributed by atoms with Gasteiger partial charge in [0.2, 0.25) is 0 Å². The van der Waals surface area contributed by atoms with Crippen molar-refractivity contribution in [2.24, 2.45) is 0 Å². The monoisotopic (exact) mass is 247 g/mol. The van der Waals surface area contributed by atoms with Gasteiger partial charge in [0.05, 0.1) is 0 Å². The summed E-state index contributed by atoms with van der Waals surface area (Å²) in [7, 11) is 0. The lowest BCUT2D eigenvalue weighted by atomic mass is 10.0. The normalized spacial score (nSPS) is 10.8. The van der Waals surface area contributed by atoms with Crippen molar-refractivity contribution in [3.8, 4) is 10.6 Å². The third-order valence-corrected chi connectivity index (χ3v) is 3.63. The molecule has 17 heavy (non-hydrogen) atoms. The van der Waals surface area contributed by atoms with Gasteiger partial charge in [-0.25, -0.2) is 0 Å². The van der Waals surface area contributed by atoms with E-state index in [0.717, 1.165) is 23.1 Å². The second-order valence-corrected chi connectivity index (χ2v) is 5.11. The first-order valence-electron chi connectivity index (χ1n) is 5.82. The summed E-state index contributed by atoms with van der Waals surface area (Å²) < 4.78 is 0. The van der Waals surface area contributed by atoms with Crippen LogP contribution in [0.1, 0.15) is 23.1 Å². The van der Waals surface area contributed by atoms with Crippen molar-refractivity contribution in [1.82, 2.24) is 15.5 Å². The molecular formula is C13H17N3S. The number of nitrogens with zero attached hydrogens (tertiary/aromatic N) is 2. The second-order valence-electron chi connectivity index (χ2n) is 4.05. The summed E-state index contributed by atoms with van der Waals surface area (Å²) in [5.74, 6) is 0. The van der Waals surface area contributed by atoms with Crippen molar-refractivity contribution in [1.29, 1.82) is 0 Å². The number of aromatic nitrogens is 2. The van der Waals surface area contributed by atoms with Crippen molar-refractivity contribution in [2.75, 3.05) is 6.54 Å². The standard InChI is InChI=1S/C13H17N3S/c1-4-14-8-11-15-16-13(17-11)12-9(2)6-5-7-10(12)3/h5-7,14H,4,8H2,1-3H3. The summed E-state index contributed by atoms with van der Waals surface area (Å²) in [5.41, 5.74) is 3.75. The Kier molecular flexibility index (Phi) is 3.86. The molecule has 2 aromatic rings. The van der Waals surface area contributed by atoms with E-state index in [4.69, 9.17) is 0 Å². The third-order valence-electron chi connectivity index (χ3n) is 2.69. The van der Waals surface area contributed by atoms with Gasteiger partial charge in [0.1, 0.15) is 10.0 Å².